The lowest BCUT2D eigenvalue weighted by molar-refractivity contribution is -0.134. The third-order valence-electron chi connectivity index (χ3n) is 6.41. The van der Waals surface area contributed by atoms with Gasteiger partial charge in [-0.05, 0) is 23.8 Å². The fraction of sp³-hybridized carbons (Fsp3) is 0.167. The van der Waals surface area contributed by atoms with Crippen molar-refractivity contribution in [2.75, 3.05) is 26.2 Å². The van der Waals surface area contributed by atoms with Gasteiger partial charge in [-0.1, -0.05) is 59.9 Å². The number of fused-ring (bicyclic) bond motifs is 2. The molecule has 0 fully saturated rings. The Kier molecular flexibility index (Phi) is 7.89. The van der Waals surface area contributed by atoms with Gasteiger partial charge in [0.05, 0.1) is 39.1 Å². The molecule has 0 unspecified atom stereocenters. The van der Waals surface area contributed by atoms with Crippen LogP contribution in [0.1, 0.15) is 18.1 Å². The average Bonchev–Trinajstić information content (AvgIpc) is 3.63. The monoisotopic (exact) mass is 586 g/mol. The number of nitrogens with zero attached hydrogens (tertiary/aromatic N) is 4. The second kappa shape index (κ2) is 11.7. The highest BCUT2D eigenvalue weighted by atomic mass is 32.1. The molecule has 5 aromatic rings. The highest BCUT2D eigenvalue weighted by Gasteiger charge is 2.34. The second-order valence-corrected chi connectivity index (χ2v) is 10.0. The predicted molar refractivity (Wildman–Crippen MR) is 157 cm³/mol. The van der Waals surface area contributed by atoms with Crippen LogP contribution in [0.4, 0.5) is 5.69 Å². The van der Waals surface area contributed by atoms with E-state index in [2.05, 4.69) is 10.1 Å². The summed E-state index contributed by atoms with van der Waals surface area (Å²) in [4.78, 5) is 42.9. The summed E-state index contributed by atoms with van der Waals surface area (Å²) in [6, 6.07) is 20.7. The summed E-state index contributed by atoms with van der Waals surface area (Å²) in [7, 11) is 4.57. The molecular formula is C30H26N4O7S. The number of carbonyl (C=O) groups is 2. The third-order valence-corrected chi connectivity index (χ3v) is 7.44. The van der Waals surface area contributed by atoms with Gasteiger partial charge in [-0.2, -0.15) is 9.50 Å². The van der Waals surface area contributed by atoms with E-state index in [-0.39, 0.29) is 5.91 Å². The number of hydrogen-bond acceptors (Lipinski definition) is 9. The molecule has 2 aromatic heterocycles. The van der Waals surface area contributed by atoms with Crippen LogP contribution in [0.5, 0.6) is 17.2 Å². The van der Waals surface area contributed by atoms with E-state index < -0.39 is 11.5 Å². The van der Waals surface area contributed by atoms with Gasteiger partial charge in [0.15, 0.2) is 17.3 Å². The van der Waals surface area contributed by atoms with Crippen LogP contribution in [0.2, 0.25) is 0 Å². The molecular weight excluding hydrogens is 560 g/mol. The highest BCUT2D eigenvalue weighted by Crippen LogP contribution is 2.41. The SMILES string of the molecule is CC(=O)O.COc1cc(-c2nc3sc(=C4C(=O)N(Cc5ccccc5)c5ccccc54)c(=O)n3n2)cc(OC)c1OC. The third kappa shape index (κ3) is 5.15. The van der Waals surface area contributed by atoms with Crippen molar-refractivity contribution in [2.24, 2.45) is 0 Å². The molecule has 1 aliphatic heterocycles. The van der Waals surface area contributed by atoms with Crippen molar-refractivity contribution in [3.05, 3.63) is 92.7 Å². The number of thiazole rings is 1. The highest BCUT2D eigenvalue weighted by molar-refractivity contribution is 7.15. The average molecular weight is 587 g/mol. The Morgan fingerprint density at radius 2 is 1.55 bits per heavy atom. The number of methoxy groups -OCH3 is 3. The standard InChI is InChI=1S/C28H22N4O5S.C2H4O2/c1-35-20-13-17(14-21(36-2)23(20)37-3)25-29-28-32(30-25)27(34)24(38-28)22-18-11-7-8-12-19(18)31(26(22)33)15-16-9-5-4-6-10-16;1-2(3)4/h4-14H,15H2,1-3H3;1H3,(H,3,4). The van der Waals surface area contributed by atoms with Gasteiger partial charge in [0, 0.05) is 18.1 Å². The molecule has 3 aromatic carbocycles. The van der Waals surface area contributed by atoms with Crippen LogP contribution in [-0.2, 0) is 16.1 Å². The van der Waals surface area contributed by atoms with Crippen molar-refractivity contribution >= 4 is 39.4 Å². The van der Waals surface area contributed by atoms with Crippen LogP contribution in [0.3, 0.4) is 0 Å². The normalized spacial score (nSPS) is 13.4. The van der Waals surface area contributed by atoms with Crippen LogP contribution < -0.4 is 29.2 Å². The molecule has 3 heterocycles. The quantitative estimate of drug-likeness (QED) is 0.318. The van der Waals surface area contributed by atoms with Gasteiger partial charge in [-0.15, -0.1) is 5.10 Å². The fourth-order valence-corrected chi connectivity index (χ4v) is 5.64. The smallest absolute Gasteiger partial charge is 0.300 e. The number of carbonyl (C=O) groups excluding carboxylic acids is 1. The molecule has 1 amide bonds. The summed E-state index contributed by atoms with van der Waals surface area (Å²) < 4.78 is 17.8. The minimum atomic E-state index is -0.833. The number of aliphatic carboxylic acids is 1. The molecule has 11 nitrogen and oxygen atoms in total. The predicted octanol–water partition coefficient (Wildman–Crippen LogP) is 3.40. The molecule has 214 valence electrons. The van der Waals surface area contributed by atoms with Crippen molar-refractivity contribution in [2.45, 2.75) is 13.5 Å². The largest absolute Gasteiger partial charge is 0.493 e. The Morgan fingerprint density at radius 1 is 0.929 bits per heavy atom. The summed E-state index contributed by atoms with van der Waals surface area (Å²) >= 11 is 1.15. The summed E-state index contributed by atoms with van der Waals surface area (Å²) in [5.74, 6) is 0.617. The van der Waals surface area contributed by atoms with E-state index in [1.54, 1.807) is 17.0 Å². The van der Waals surface area contributed by atoms with Crippen LogP contribution in [0, 0.1) is 0 Å². The van der Waals surface area contributed by atoms with Gasteiger partial charge < -0.3 is 24.2 Å². The first kappa shape index (κ1) is 28.3. The minimum absolute atomic E-state index is 0.221. The van der Waals surface area contributed by atoms with E-state index in [4.69, 9.17) is 24.1 Å². The Labute approximate surface area is 243 Å². The lowest BCUT2D eigenvalue weighted by Crippen LogP contribution is -2.32. The molecule has 0 atom stereocenters. The number of amides is 1. The maximum absolute atomic E-state index is 13.7. The van der Waals surface area contributed by atoms with Crippen molar-refractivity contribution in [3.63, 3.8) is 0 Å². The first-order valence-electron chi connectivity index (χ1n) is 12.7. The molecule has 6 rings (SSSR count). The molecule has 1 aliphatic rings. The first-order chi connectivity index (χ1) is 20.3. The summed E-state index contributed by atoms with van der Waals surface area (Å²) in [5.41, 5.74) is 3.06. The van der Waals surface area contributed by atoms with Gasteiger partial charge in [0.2, 0.25) is 10.7 Å². The van der Waals surface area contributed by atoms with Crippen molar-refractivity contribution < 1.29 is 28.9 Å². The number of para-hydroxylation sites is 1. The van der Waals surface area contributed by atoms with Gasteiger partial charge in [0.25, 0.3) is 17.4 Å². The topological polar surface area (TPSA) is 133 Å². The summed E-state index contributed by atoms with van der Waals surface area (Å²) in [5, 5.41) is 11.9. The Balaban J connectivity index is 0.000000830. The lowest BCUT2D eigenvalue weighted by Gasteiger charge is -2.17. The maximum Gasteiger partial charge on any atom is 0.300 e. The van der Waals surface area contributed by atoms with E-state index in [1.165, 1.54) is 25.8 Å². The van der Waals surface area contributed by atoms with E-state index in [9.17, 15) is 9.59 Å². The van der Waals surface area contributed by atoms with E-state index in [0.29, 0.717) is 50.2 Å². The molecule has 12 heteroatoms. The molecule has 0 spiro atoms. The van der Waals surface area contributed by atoms with Crippen molar-refractivity contribution in [1.29, 1.82) is 0 Å². The molecule has 0 bridgehead atoms. The van der Waals surface area contributed by atoms with Crippen LogP contribution in [0.15, 0.2) is 71.5 Å². The Hall–Kier alpha value is -5.23. The number of carboxylic acids is 1. The number of anilines is 1. The molecule has 0 saturated heterocycles. The van der Waals surface area contributed by atoms with Crippen LogP contribution in [0.25, 0.3) is 21.9 Å². The van der Waals surface area contributed by atoms with Crippen molar-refractivity contribution in [3.8, 4) is 28.6 Å². The van der Waals surface area contributed by atoms with E-state index in [0.717, 1.165) is 35.1 Å². The molecule has 1 N–H and O–H groups in total. The molecule has 42 heavy (non-hydrogen) atoms. The molecule has 0 radical (unpaired) electrons. The van der Waals surface area contributed by atoms with Crippen LogP contribution >= 0.6 is 11.3 Å². The number of aromatic nitrogens is 3. The summed E-state index contributed by atoms with van der Waals surface area (Å²) in [6.45, 7) is 1.49. The van der Waals surface area contributed by atoms with Gasteiger partial charge in [0.1, 0.15) is 4.53 Å². The number of carboxylic acid groups (broad SMARTS) is 1. The lowest BCUT2D eigenvalue weighted by atomic mass is 10.1. The minimum Gasteiger partial charge on any atom is -0.493 e. The number of hydrogen-bond donors (Lipinski definition) is 1. The van der Waals surface area contributed by atoms with Gasteiger partial charge in [-0.3, -0.25) is 14.4 Å². The first-order valence-corrected chi connectivity index (χ1v) is 13.5. The Bertz CT molecular complexity index is 1890. The maximum atomic E-state index is 13.7. The van der Waals surface area contributed by atoms with Crippen LogP contribution in [-0.4, -0.2) is 52.9 Å². The molecule has 0 aliphatic carbocycles. The second-order valence-electron chi connectivity index (χ2n) is 9.07. The summed E-state index contributed by atoms with van der Waals surface area (Å²) in [6.07, 6.45) is 0. The zero-order chi connectivity index (χ0) is 30.0. The van der Waals surface area contributed by atoms with Crippen molar-refractivity contribution in [1.82, 2.24) is 14.6 Å². The number of rotatable bonds is 6. The Morgan fingerprint density at radius 3 is 2.14 bits per heavy atom. The molecule has 0 saturated carbocycles. The van der Waals surface area contributed by atoms with E-state index >= 15 is 0 Å². The van der Waals surface area contributed by atoms with E-state index in [1.807, 2.05) is 54.6 Å². The number of ether oxygens (including phenoxy) is 3. The van der Waals surface area contributed by atoms with Gasteiger partial charge >= 0.3 is 0 Å². The fourth-order valence-electron chi connectivity index (χ4n) is 4.64. The number of benzene rings is 3. The zero-order valence-corrected chi connectivity index (χ0v) is 24.0. The van der Waals surface area contributed by atoms with Gasteiger partial charge in [-0.25, -0.2) is 0 Å². The zero-order valence-electron chi connectivity index (χ0n) is 23.2.